The van der Waals surface area contributed by atoms with E-state index in [1.54, 1.807) is 0 Å². The van der Waals surface area contributed by atoms with Gasteiger partial charge in [0.2, 0.25) is 0 Å². The maximum atomic E-state index is 2.39. The molecule has 11 aromatic rings. The van der Waals surface area contributed by atoms with Crippen LogP contribution >= 0.6 is 0 Å². The van der Waals surface area contributed by atoms with E-state index in [0.29, 0.717) is 0 Å². The molecule has 0 bridgehead atoms. The molecule has 0 unspecified atom stereocenters. The van der Waals surface area contributed by atoms with Gasteiger partial charge in [-0.2, -0.15) is 0 Å². The zero-order valence-corrected chi connectivity index (χ0v) is 43.1. The van der Waals surface area contributed by atoms with Gasteiger partial charge in [-0.3, -0.25) is 0 Å². The Morgan fingerprint density at radius 2 is 0.727 bits per heavy atom. The van der Waals surface area contributed by atoms with Gasteiger partial charge in [-0.1, -0.05) is 194 Å². The van der Waals surface area contributed by atoms with Crippen LogP contribution in [0, 0.1) is 13.8 Å². The van der Waals surface area contributed by atoms with Crippen molar-refractivity contribution in [3.8, 4) is 0 Å². The van der Waals surface area contributed by atoms with Crippen LogP contribution in [0.1, 0.15) is 61.2 Å². The predicted molar refractivity (Wildman–Crippen MR) is 327 cm³/mol. The van der Waals surface area contributed by atoms with Gasteiger partial charge < -0.3 is 14.7 Å². The lowest BCUT2D eigenvalue weighted by atomic mass is 9.91. The quantitative estimate of drug-likeness (QED) is 0.126. The summed E-state index contributed by atoms with van der Waals surface area (Å²) in [7, 11) is 0. The lowest BCUT2D eigenvalue weighted by molar-refractivity contribution is 1.27. The van der Waals surface area contributed by atoms with E-state index in [1.165, 1.54) is 50.1 Å². The smallest absolute Gasteiger partial charge is 0.0540 e. The van der Waals surface area contributed by atoms with E-state index in [9.17, 15) is 0 Å². The third kappa shape index (κ3) is 8.94. The van der Waals surface area contributed by atoms with Crippen LogP contribution in [-0.2, 0) is 0 Å². The fourth-order valence-electron chi connectivity index (χ4n) is 11.2. The lowest BCUT2D eigenvalue weighted by Crippen LogP contribution is -2.12. The van der Waals surface area contributed by atoms with E-state index in [4.69, 9.17) is 0 Å². The van der Waals surface area contributed by atoms with Crippen LogP contribution in [0.15, 0.2) is 279 Å². The average molecular weight is 986 g/mol. The molecule has 366 valence electrons. The number of benzene rings is 11. The van der Waals surface area contributed by atoms with Gasteiger partial charge in [0, 0.05) is 39.6 Å². The predicted octanol–water partition coefficient (Wildman–Crippen LogP) is 20.1. The summed E-state index contributed by atoms with van der Waals surface area (Å²) in [5.41, 5.74) is 26.6. The van der Waals surface area contributed by atoms with Crippen LogP contribution < -0.4 is 14.7 Å². The Labute approximate surface area is 452 Å². The molecule has 3 nitrogen and oxygen atoms in total. The standard InChI is InChI=1S/C74H55N3/c1-52-21-9-11-23-57(52)49-68(65-30-14-10-22-53(65)2)54-37-43-62(44-38-54)75(63-45-39-55(40-46-63)69-50-58-24-12-17-33-71(58)76(60-26-5-3-6-27-60)73-35-19-15-31-66(69)73)64-47-41-56(42-48-64)70-51-59-25-13-18-34-72(59)77(61-28-7-4-8-29-61)74-36-20-16-32-67(70)74/h3-51H,1-2H3/b68-49-. The van der Waals surface area contributed by atoms with Crippen molar-refractivity contribution in [1.82, 2.24) is 0 Å². The highest BCUT2D eigenvalue weighted by molar-refractivity contribution is 6.05. The first-order chi connectivity index (χ1) is 38.0. The largest absolute Gasteiger partial charge is 0.311 e. The van der Waals surface area contributed by atoms with Crippen LogP contribution in [0.2, 0.25) is 0 Å². The van der Waals surface area contributed by atoms with Crippen LogP contribution in [0.4, 0.5) is 51.2 Å². The molecule has 3 heteroatoms. The Morgan fingerprint density at radius 3 is 1.21 bits per heavy atom. The molecule has 2 aliphatic rings. The van der Waals surface area contributed by atoms with Crippen LogP contribution in [0.3, 0.4) is 0 Å². The van der Waals surface area contributed by atoms with Crippen molar-refractivity contribution >= 4 is 86.1 Å². The maximum absolute atomic E-state index is 2.39. The number of aryl methyl sites for hydroxylation is 2. The minimum Gasteiger partial charge on any atom is -0.311 e. The van der Waals surface area contributed by atoms with Crippen molar-refractivity contribution in [2.24, 2.45) is 0 Å². The molecule has 0 saturated carbocycles. The summed E-state index contributed by atoms with van der Waals surface area (Å²) in [5.74, 6) is 0. The molecule has 0 atom stereocenters. The number of para-hydroxylation sites is 6. The fraction of sp³-hybridized carbons (Fsp3) is 0.0270. The Kier molecular flexibility index (Phi) is 12.4. The third-order valence-electron chi connectivity index (χ3n) is 15.1. The first-order valence-electron chi connectivity index (χ1n) is 26.5. The molecule has 0 spiro atoms. The highest BCUT2D eigenvalue weighted by Crippen LogP contribution is 2.49. The van der Waals surface area contributed by atoms with E-state index < -0.39 is 0 Å². The molecule has 0 aromatic heterocycles. The molecule has 13 rings (SSSR count). The summed E-state index contributed by atoms with van der Waals surface area (Å²) in [6.07, 6.45) is 7.06. The zero-order chi connectivity index (χ0) is 51.7. The minimum atomic E-state index is 1.06. The Balaban J connectivity index is 0.928. The highest BCUT2D eigenvalue weighted by Gasteiger charge is 2.26. The highest BCUT2D eigenvalue weighted by atomic mass is 15.2. The van der Waals surface area contributed by atoms with Crippen molar-refractivity contribution in [1.29, 1.82) is 0 Å². The molecule has 0 N–H and O–H groups in total. The fourth-order valence-corrected chi connectivity index (χ4v) is 11.2. The van der Waals surface area contributed by atoms with Crippen molar-refractivity contribution < 1.29 is 0 Å². The Morgan fingerprint density at radius 1 is 0.338 bits per heavy atom. The Bertz CT molecular complexity index is 3840. The van der Waals surface area contributed by atoms with Crippen molar-refractivity contribution in [3.05, 3.63) is 340 Å². The van der Waals surface area contributed by atoms with Gasteiger partial charge in [0.15, 0.2) is 0 Å². The average Bonchev–Trinajstić information content (AvgIpc) is 3.81. The number of hydrogen-bond acceptors (Lipinski definition) is 3. The number of nitrogens with zero attached hydrogens (tertiary/aromatic N) is 3. The maximum Gasteiger partial charge on any atom is 0.0540 e. The molecule has 2 aliphatic heterocycles. The second-order valence-electron chi connectivity index (χ2n) is 19.8. The van der Waals surface area contributed by atoms with Gasteiger partial charge >= 0.3 is 0 Å². The topological polar surface area (TPSA) is 9.72 Å². The number of fused-ring (bicyclic) bond motifs is 4. The number of rotatable bonds is 10. The SMILES string of the molecule is Cc1ccccc1/C=C(/c1ccc(N(c2ccc(C3=Cc4ccccc4N(c4ccccc4)c4ccccc43)cc2)c2ccc(C3=Cc4ccccc4N(c4ccccc4)c4ccccc43)cc2)cc1)c1ccccc1C. The number of hydrogen-bond donors (Lipinski definition) is 0. The van der Waals surface area contributed by atoms with E-state index in [-0.39, 0.29) is 0 Å². The van der Waals surface area contributed by atoms with Crippen molar-refractivity contribution in [2.45, 2.75) is 13.8 Å². The van der Waals surface area contributed by atoms with Crippen LogP contribution in [0.25, 0.3) is 34.9 Å². The van der Waals surface area contributed by atoms with Gasteiger partial charge in [0.1, 0.15) is 0 Å². The van der Waals surface area contributed by atoms with E-state index in [0.717, 1.165) is 79.0 Å². The molecule has 2 heterocycles. The summed E-state index contributed by atoms with van der Waals surface area (Å²) in [6, 6.07) is 101. The second-order valence-corrected chi connectivity index (χ2v) is 19.8. The van der Waals surface area contributed by atoms with E-state index >= 15 is 0 Å². The molecule has 77 heavy (non-hydrogen) atoms. The van der Waals surface area contributed by atoms with Gasteiger partial charge in [-0.15, -0.1) is 0 Å². The molecule has 0 radical (unpaired) electrons. The Hall–Kier alpha value is -9.96. The molecule has 0 aliphatic carbocycles. The summed E-state index contributed by atoms with van der Waals surface area (Å²) in [6.45, 7) is 4.39. The zero-order valence-electron chi connectivity index (χ0n) is 43.1. The van der Waals surface area contributed by atoms with Crippen LogP contribution in [-0.4, -0.2) is 0 Å². The van der Waals surface area contributed by atoms with Gasteiger partial charge in [0.25, 0.3) is 0 Å². The van der Waals surface area contributed by atoms with Crippen molar-refractivity contribution in [2.75, 3.05) is 14.7 Å². The first-order valence-corrected chi connectivity index (χ1v) is 26.5. The van der Waals surface area contributed by atoms with E-state index in [2.05, 4.69) is 326 Å². The molecular weight excluding hydrogens is 931 g/mol. The van der Waals surface area contributed by atoms with Crippen LogP contribution in [0.5, 0.6) is 0 Å². The molecular formula is C74H55N3. The second kappa shape index (κ2) is 20.4. The van der Waals surface area contributed by atoms with Gasteiger partial charge in [0.05, 0.1) is 22.7 Å². The summed E-state index contributed by atoms with van der Waals surface area (Å²) >= 11 is 0. The van der Waals surface area contributed by atoms with Gasteiger partial charge in [-0.05, 0) is 184 Å². The first kappa shape index (κ1) is 46.8. The molecule has 11 aromatic carbocycles. The lowest BCUT2D eigenvalue weighted by Gasteiger charge is -2.28. The molecule has 0 amide bonds. The van der Waals surface area contributed by atoms with Gasteiger partial charge in [-0.25, -0.2) is 0 Å². The summed E-state index contributed by atoms with van der Waals surface area (Å²) in [5, 5.41) is 0. The van der Waals surface area contributed by atoms with E-state index in [1.807, 2.05) is 0 Å². The minimum absolute atomic E-state index is 1.06. The summed E-state index contributed by atoms with van der Waals surface area (Å²) in [4.78, 5) is 7.17. The van der Waals surface area contributed by atoms with Crippen molar-refractivity contribution in [3.63, 3.8) is 0 Å². The molecule has 0 saturated heterocycles. The molecule has 0 fully saturated rings. The summed E-state index contributed by atoms with van der Waals surface area (Å²) < 4.78 is 0. The monoisotopic (exact) mass is 985 g/mol. The normalized spacial score (nSPS) is 12.7. The third-order valence-corrected chi connectivity index (χ3v) is 15.1. The number of anilines is 9.